The van der Waals surface area contributed by atoms with Gasteiger partial charge in [0.2, 0.25) is 0 Å². The van der Waals surface area contributed by atoms with Gasteiger partial charge in [0, 0.05) is 11.3 Å². The van der Waals surface area contributed by atoms with Gasteiger partial charge in [0.15, 0.2) is 0 Å². The van der Waals surface area contributed by atoms with Crippen molar-refractivity contribution in [3.05, 3.63) is 0 Å². The van der Waals surface area contributed by atoms with Crippen LogP contribution in [0, 0.1) is 29.6 Å². The Balaban J connectivity index is 1.95. The van der Waals surface area contributed by atoms with Gasteiger partial charge in [0.1, 0.15) is 0 Å². The fourth-order valence-corrected chi connectivity index (χ4v) is 4.52. The largest absolute Gasteiger partial charge is 0.126 e. The molecule has 4 aliphatic rings. The smallest absolute Gasteiger partial charge is 0.0401 e. The maximum Gasteiger partial charge on any atom is 0.0401 e. The zero-order chi connectivity index (χ0) is 6.88. The summed E-state index contributed by atoms with van der Waals surface area (Å²) in [4.78, 5) is 0. The molecule has 10 heavy (non-hydrogen) atoms. The molecule has 0 N–H and O–H groups in total. The van der Waals surface area contributed by atoms with E-state index < -0.39 is 0 Å². The van der Waals surface area contributed by atoms with Crippen LogP contribution in [0.1, 0.15) is 6.42 Å². The van der Waals surface area contributed by atoms with Gasteiger partial charge in [-0.3, -0.25) is 0 Å². The van der Waals surface area contributed by atoms with Crippen LogP contribution in [0.25, 0.3) is 0 Å². The minimum Gasteiger partial charge on any atom is -0.126 e. The maximum absolute atomic E-state index is 6.21. The highest BCUT2D eigenvalue weighted by molar-refractivity contribution is 6.22. The van der Waals surface area contributed by atoms with E-state index in [4.69, 9.17) is 23.2 Å². The van der Waals surface area contributed by atoms with E-state index in [-0.39, 0.29) is 0 Å². The molecule has 4 aliphatic carbocycles. The first-order chi connectivity index (χ1) is 4.84. The summed E-state index contributed by atoms with van der Waals surface area (Å²) in [5.74, 6) is 5.26. The van der Waals surface area contributed by atoms with E-state index in [2.05, 4.69) is 0 Å². The Morgan fingerprint density at radius 1 is 1.20 bits per heavy atom. The van der Waals surface area contributed by atoms with Gasteiger partial charge in [-0.2, -0.15) is 0 Å². The maximum atomic E-state index is 6.21. The molecule has 4 bridgehead atoms. The third kappa shape index (κ3) is 0.464. The van der Waals surface area contributed by atoms with Gasteiger partial charge in [-0.25, -0.2) is 0 Å². The summed E-state index contributed by atoms with van der Waals surface area (Å²) in [7, 11) is 0. The molecule has 0 aromatic heterocycles. The molecule has 4 fully saturated rings. The monoisotopic (exact) mass is 176 g/mol. The normalized spacial score (nSPS) is 69.0. The Kier molecular flexibility index (Phi) is 1.02. The van der Waals surface area contributed by atoms with Gasteiger partial charge < -0.3 is 0 Å². The van der Waals surface area contributed by atoms with Crippen LogP contribution in [-0.4, -0.2) is 11.3 Å². The van der Waals surface area contributed by atoms with Crippen molar-refractivity contribution in [2.24, 2.45) is 29.6 Å². The van der Waals surface area contributed by atoms with Gasteiger partial charge in [0.25, 0.3) is 0 Å². The Morgan fingerprint density at radius 3 is 2.20 bits per heavy atom. The second-order valence-corrected chi connectivity index (χ2v) is 4.79. The van der Waals surface area contributed by atoms with Crippen LogP contribution >= 0.6 is 23.2 Å². The van der Waals surface area contributed by atoms with Crippen LogP contribution in [0.15, 0.2) is 0 Å². The lowest BCUT2D eigenvalue weighted by molar-refractivity contribution is 0.459. The van der Waals surface area contributed by atoms with Crippen molar-refractivity contribution in [1.82, 2.24) is 0 Å². The molecule has 2 heteroatoms. The van der Waals surface area contributed by atoms with Gasteiger partial charge >= 0.3 is 0 Å². The molecule has 0 unspecified atom stereocenters. The molecule has 0 spiro atoms. The van der Waals surface area contributed by atoms with Crippen molar-refractivity contribution >= 4 is 23.2 Å². The second kappa shape index (κ2) is 1.67. The minimum absolute atomic E-state index is 0.499. The highest BCUT2D eigenvalue weighted by atomic mass is 35.5. The Bertz CT molecular complexity index is 180. The number of rotatable bonds is 1. The lowest BCUT2D eigenvalue weighted by Gasteiger charge is -2.12. The standard InChI is InChI=1S/C8H10Cl2/c9-2-5-3-1-4-6(5)7(4)8(3)10/h3-8H,1-2H2/t3-,4+,5-,6+,7+,8-/m1/s1. The van der Waals surface area contributed by atoms with E-state index in [1.807, 2.05) is 0 Å². The van der Waals surface area contributed by atoms with Crippen LogP contribution in [0.3, 0.4) is 0 Å². The molecule has 0 nitrogen and oxygen atoms in total. The first-order valence-corrected chi connectivity index (χ1v) is 5.01. The van der Waals surface area contributed by atoms with Gasteiger partial charge in [-0.15, -0.1) is 23.2 Å². The van der Waals surface area contributed by atoms with Crippen LogP contribution in [-0.2, 0) is 0 Å². The van der Waals surface area contributed by atoms with E-state index >= 15 is 0 Å². The number of halogens is 2. The minimum atomic E-state index is 0.499. The zero-order valence-electron chi connectivity index (χ0n) is 5.63. The summed E-state index contributed by atoms with van der Waals surface area (Å²) in [5.41, 5.74) is 0. The van der Waals surface area contributed by atoms with E-state index in [0.717, 1.165) is 35.5 Å². The summed E-state index contributed by atoms with van der Waals surface area (Å²) in [6, 6.07) is 0. The van der Waals surface area contributed by atoms with E-state index in [1.165, 1.54) is 6.42 Å². The van der Waals surface area contributed by atoms with E-state index in [1.54, 1.807) is 0 Å². The molecule has 0 saturated heterocycles. The first-order valence-electron chi connectivity index (χ1n) is 4.04. The van der Waals surface area contributed by atoms with E-state index in [9.17, 15) is 0 Å². The van der Waals surface area contributed by atoms with Crippen molar-refractivity contribution in [3.8, 4) is 0 Å². The second-order valence-electron chi connectivity index (χ2n) is 3.98. The van der Waals surface area contributed by atoms with Crippen LogP contribution in [0.5, 0.6) is 0 Å². The fraction of sp³-hybridized carbons (Fsp3) is 1.00. The molecule has 0 aliphatic heterocycles. The summed E-state index contributed by atoms with van der Waals surface area (Å²) < 4.78 is 0. The SMILES string of the molecule is ClC[C@@H]1[C@H]2C[C@H]3[C@@H]1[C@H]3[C@@H]2Cl. The van der Waals surface area contributed by atoms with Crippen molar-refractivity contribution in [2.45, 2.75) is 11.8 Å². The molecule has 0 aromatic carbocycles. The predicted octanol–water partition coefficient (Wildman–Crippen LogP) is 2.34. The molecular weight excluding hydrogens is 167 g/mol. The molecule has 4 saturated carbocycles. The van der Waals surface area contributed by atoms with Crippen molar-refractivity contribution < 1.29 is 0 Å². The third-order valence-corrected chi connectivity index (χ3v) is 4.81. The fourth-order valence-electron chi connectivity index (χ4n) is 3.44. The summed E-state index contributed by atoms with van der Waals surface area (Å²) in [5, 5.41) is 0.499. The van der Waals surface area contributed by atoms with Crippen molar-refractivity contribution in [2.75, 3.05) is 5.88 Å². The molecule has 0 aromatic rings. The summed E-state index contributed by atoms with van der Waals surface area (Å²) in [6.07, 6.45) is 1.39. The molecular formula is C8H10Cl2. The van der Waals surface area contributed by atoms with Gasteiger partial charge in [-0.05, 0) is 36.0 Å². The topological polar surface area (TPSA) is 0 Å². The van der Waals surface area contributed by atoms with Crippen LogP contribution < -0.4 is 0 Å². The van der Waals surface area contributed by atoms with Crippen molar-refractivity contribution in [3.63, 3.8) is 0 Å². The van der Waals surface area contributed by atoms with Gasteiger partial charge in [-0.1, -0.05) is 0 Å². The quantitative estimate of drug-likeness (QED) is 0.539. The molecule has 4 rings (SSSR count). The molecule has 56 valence electrons. The van der Waals surface area contributed by atoms with Gasteiger partial charge in [0.05, 0.1) is 0 Å². The Labute approximate surface area is 70.9 Å². The average Bonchev–Trinajstić information content (AvgIpc) is 2.29. The number of hydrogen-bond acceptors (Lipinski definition) is 0. The van der Waals surface area contributed by atoms with Crippen molar-refractivity contribution in [1.29, 1.82) is 0 Å². The lowest BCUT2D eigenvalue weighted by atomic mass is 10.0. The Hall–Kier alpha value is 0.580. The van der Waals surface area contributed by atoms with E-state index in [0.29, 0.717) is 5.38 Å². The molecule has 0 amide bonds. The number of alkyl halides is 2. The molecule has 0 heterocycles. The molecule has 0 radical (unpaired) electrons. The summed E-state index contributed by atoms with van der Waals surface area (Å²) in [6.45, 7) is 0. The highest BCUT2D eigenvalue weighted by Crippen LogP contribution is 2.74. The lowest BCUT2D eigenvalue weighted by Crippen LogP contribution is -2.12. The van der Waals surface area contributed by atoms with Crippen LogP contribution in [0.4, 0.5) is 0 Å². The summed E-state index contributed by atoms with van der Waals surface area (Å²) >= 11 is 12.1. The highest BCUT2D eigenvalue weighted by Gasteiger charge is 2.72. The van der Waals surface area contributed by atoms with Crippen LogP contribution in [0.2, 0.25) is 0 Å². The third-order valence-electron chi connectivity index (χ3n) is 3.84. The Morgan fingerprint density at radius 2 is 2.00 bits per heavy atom. The first kappa shape index (κ1) is 6.14. The zero-order valence-corrected chi connectivity index (χ0v) is 7.15. The predicted molar refractivity (Wildman–Crippen MR) is 42.4 cm³/mol. The molecule has 6 atom stereocenters. The average molecular weight is 177 g/mol. The number of hydrogen-bond donors (Lipinski definition) is 0.